The van der Waals surface area contributed by atoms with Crippen LogP contribution in [0.15, 0.2) is 22.9 Å². The highest BCUT2D eigenvalue weighted by atomic mass is 32.2. The van der Waals surface area contributed by atoms with Crippen molar-refractivity contribution in [3.8, 4) is 12.1 Å². The van der Waals surface area contributed by atoms with E-state index in [1.165, 1.54) is 0 Å². The summed E-state index contributed by atoms with van der Waals surface area (Å²) in [5, 5.41) is 28.2. The van der Waals surface area contributed by atoms with Crippen LogP contribution in [-0.2, 0) is 9.59 Å². The number of hydrogen-bond donors (Lipinski definition) is 2. The number of anilines is 1. The van der Waals surface area contributed by atoms with Gasteiger partial charge in [-0.15, -0.1) is 0 Å². The zero-order valence-corrected chi connectivity index (χ0v) is 16.7. The third kappa shape index (κ3) is 3.99. The topological polar surface area (TPSA) is 124 Å². The number of rotatable bonds is 5. The van der Waals surface area contributed by atoms with Crippen LogP contribution in [0.2, 0.25) is 0 Å². The lowest BCUT2D eigenvalue weighted by Crippen LogP contribution is -2.45. The number of nitriles is 2. The van der Waals surface area contributed by atoms with Gasteiger partial charge in [-0.25, -0.2) is 4.68 Å². The Morgan fingerprint density at radius 3 is 2.63 bits per heavy atom. The standard InChI is InChI=1S/C18H22N6O2S/c1-10(2)24-14(6-7-21-24)22-15(25)11(3)27-17-13(9-20)18(4,5)12(8-19)16(26)23-17/h6-7,10-12H,1-5H3,(H,22,25)(H,23,26)/t11-,12-/m0/s1. The molecule has 0 radical (unpaired) electrons. The molecule has 0 saturated carbocycles. The Morgan fingerprint density at radius 2 is 2.07 bits per heavy atom. The fourth-order valence-electron chi connectivity index (χ4n) is 2.80. The summed E-state index contributed by atoms with van der Waals surface area (Å²) in [6.45, 7) is 8.97. The summed E-state index contributed by atoms with van der Waals surface area (Å²) >= 11 is 1.09. The van der Waals surface area contributed by atoms with Crippen LogP contribution in [0.25, 0.3) is 0 Å². The fourth-order valence-corrected chi connectivity index (χ4v) is 3.90. The first-order valence-electron chi connectivity index (χ1n) is 8.49. The van der Waals surface area contributed by atoms with Crippen molar-refractivity contribution in [2.24, 2.45) is 11.3 Å². The summed E-state index contributed by atoms with van der Waals surface area (Å²) in [5.74, 6) is -1.12. The van der Waals surface area contributed by atoms with E-state index in [0.717, 1.165) is 11.8 Å². The first kappa shape index (κ1) is 20.5. The largest absolute Gasteiger partial charge is 0.319 e. The number of nitrogens with zero attached hydrogens (tertiary/aromatic N) is 4. The van der Waals surface area contributed by atoms with E-state index < -0.39 is 22.5 Å². The highest BCUT2D eigenvalue weighted by Gasteiger charge is 2.45. The van der Waals surface area contributed by atoms with Crippen molar-refractivity contribution in [1.29, 1.82) is 10.5 Å². The monoisotopic (exact) mass is 386 g/mol. The highest BCUT2D eigenvalue weighted by Crippen LogP contribution is 2.42. The van der Waals surface area contributed by atoms with E-state index in [4.69, 9.17) is 0 Å². The maximum Gasteiger partial charge on any atom is 0.243 e. The van der Waals surface area contributed by atoms with Gasteiger partial charge in [0.15, 0.2) is 0 Å². The average molecular weight is 386 g/mol. The first-order valence-corrected chi connectivity index (χ1v) is 9.37. The molecule has 2 N–H and O–H groups in total. The van der Waals surface area contributed by atoms with Crippen LogP contribution < -0.4 is 10.6 Å². The SMILES string of the molecule is CC(C)n1nccc1NC(=O)[C@H](C)SC1=C(C#N)C(C)(C)[C@@H](C#N)C(=O)N1. The number of aromatic nitrogens is 2. The molecular formula is C18H22N6O2S. The molecule has 0 aliphatic carbocycles. The second-order valence-corrected chi connectivity index (χ2v) is 8.44. The number of nitrogens with one attached hydrogen (secondary N) is 2. The van der Waals surface area contributed by atoms with Gasteiger partial charge in [0.25, 0.3) is 0 Å². The molecule has 2 heterocycles. The van der Waals surface area contributed by atoms with E-state index in [1.54, 1.807) is 37.7 Å². The molecule has 0 unspecified atom stereocenters. The Labute approximate surface area is 162 Å². The third-order valence-corrected chi connectivity index (χ3v) is 5.52. The maximum absolute atomic E-state index is 12.6. The van der Waals surface area contributed by atoms with E-state index >= 15 is 0 Å². The molecular weight excluding hydrogens is 364 g/mol. The number of carbonyl (C=O) groups is 2. The van der Waals surface area contributed by atoms with Crippen LogP contribution in [0.5, 0.6) is 0 Å². The zero-order valence-electron chi connectivity index (χ0n) is 15.9. The van der Waals surface area contributed by atoms with Gasteiger partial charge in [0.05, 0.1) is 34.2 Å². The van der Waals surface area contributed by atoms with Gasteiger partial charge >= 0.3 is 0 Å². The van der Waals surface area contributed by atoms with Gasteiger partial charge in [0, 0.05) is 17.5 Å². The molecule has 9 heteroatoms. The molecule has 0 saturated heterocycles. The van der Waals surface area contributed by atoms with E-state index in [2.05, 4.69) is 21.8 Å². The summed E-state index contributed by atoms with van der Waals surface area (Å²) < 4.78 is 1.69. The van der Waals surface area contributed by atoms with Crippen LogP contribution in [0.4, 0.5) is 5.82 Å². The second kappa shape index (κ2) is 7.85. The molecule has 2 atom stereocenters. The van der Waals surface area contributed by atoms with Crippen molar-refractivity contribution in [3.05, 3.63) is 22.9 Å². The highest BCUT2D eigenvalue weighted by molar-refractivity contribution is 8.04. The lowest BCUT2D eigenvalue weighted by molar-refractivity contribution is -0.125. The van der Waals surface area contributed by atoms with E-state index in [0.29, 0.717) is 16.4 Å². The first-order chi connectivity index (χ1) is 12.6. The Hall–Kier alpha value is -2.78. The van der Waals surface area contributed by atoms with Crippen molar-refractivity contribution in [2.45, 2.75) is 45.9 Å². The smallest absolute Gasteiger partial charge is 0.243 e. The van der Waals surface area contributed by atoms with Gasteiger partial charge in [0.2, 0.25) is 11.8 Å². The van der Waals surface area contributed by atoms with E-state index in [-0.39, 0.29) is 11.9 Å². The van der Waals surface area contributed by atoms with Crippen LogP contribution in [0.1, 0.15) is 40.7 Å². The zero-order chi connectivity index (χ0) is 20.4. The summed E-state index contributed by atoms with van der Waals surface area (Å²) in [4.78, 5) is 24.8. The Balaban J connectivity index is 2.22. The Bertz CT molecular complexity index is 871. The van der Waals surface area contributed by atoms with E-state index in [1.807, 2.05) is 19.9 Å². The number of hydrogen-bond acceptors (Lipinski definition) is 6. The van der Waals surface area contributed by atoms with Crippen LogP contribution in [0.3, 0.4) is 0 Å². The quantitative estimate of drug-likeness (QED) is 0.801. The molecule has 8 nitrogen and oxygen atoms in total. The normalized spacial score (nSPS) is 19.9. The van der Waals surface area contributed by atoms with Crippen molar-refractivity contribution in [3.63, 3.8) is 0 Å². The van der Waals surface area contributed by atoms with Gasteiger partial charge in [-0.3, -0.25) is 9.59 Å². The molecule has 27 heavy (non-hydrogen) atoms. The number of thioether (sulfide) groups is 1. The van der Waals surface area contributed by atoms with Crippen LogP contribution >= 0.6 is 11.8 Å². The van der Waals surface area contributed by atoms with Gasteiger partial charge in [-0.05, 0) is 20.8 Å². The fraction of sp³-hybridized carbons (Fsp3) is 0.500. The second-order valence-electron chi connectivity index (χ2n) is 7.09. The number of amides is 2. The Morgan fingerprint density at radius 1 is 1.41 bits per heavy atom. The molecule has 0 spiro atoms. The minimum Gasteiger partial charge on any atom is -0.319 e. The van der Waals surface area contributed by atoms with Crippen molar-refractivity contribution >= 4 is 29.4 Å². The van der Waals surface area contributed by atoms with Crippen molar-refractivity contribution in [1.82, 2.24) is 15.1 Å². The van der Waals surface area contributed by atoms with Crippen molar-refractivity contribution < 1.29 is 9.59 Å². The molecule has 1 aliphatic heterocycles. The van der Waals surface area contributed by atoms with Gasteiger partial charge < -0.3 is 10.6 Å². The average Bonchev–Trinajstić information content (AvgIpc) is 3.02. The molecule has 142 valence electrons. The van der Waals surface area contributed by atoms with Crippen LogP contribution in [-0.4, -0.2) is 26.8 Å². The molecule has 1 aromatic heterocycles. The summed E-state index contributed by atoms with van der Waals surface area (Å²) in [5.41, 5.74) is -0.633. The molecule has 2 amide bonds. The molecule has 0 fully saturated rings. The van der Waals surface area contributed by atoms with Crippen LogP contribution in [0, 0.1) is 34.0 Å². The maximum atomic E-state index is 12.6. The molecule has 1 aliphatic rings. The predicted octanol–water partition coefficient (Wildman–Crippen LogP) is 2.56. The number of allylic oxidation sites excluding steroid dienone is 1. The summed E-state index contributed by atoms with van der Waals surface area (Å²) in [6.07, 6.45) is 1.61. The minimum atomic E-state index is -0.957. The molecule has 1 aromatic rings. The third-order valence-electron chi connectivity index (χ3n) is 4.41. The van der Waals surface area contributed by atoms with Gasteiger partial charge in [-0.1, -0.05) is 25.6 Å². The van der Waals surface area contributed by atoms with Crippen molar-refractivity contribution in [2.75, 3.05) is 5.32 Å². The molecule has 0 aromatic carbocycles. The number of carbonyl (C=O) groups excluding carboxylic acids is 2. The minimum absolute atomic E-state index is 0.0903. The van der Waals surface area contributed by atoms with Gasteiger partial charge in [-0.2, -0.15) is 15.6 Å². The predicted molar refractivity (Wildman–Crippen MR) is 102 cm³/mol. The van der Waals surface area contributed by atoms with E-state index in [9.17, 15) is 20.1 Å². The lowest BCUT2D eigenvalue weighted by atomic mass is 9.72. The summed E-state index contributed by atoms with van der Waals surface area (Å²) in [6, 6.07) is 5.84. The molecule has 0 bridgehead atoms. The van der Waals surface area contributed by atoms with Gasteiger partial charge in [0.1, 0.15) is 11.7 Å². The molecule has 2 rings (SSSR count). The lowest BCUT2D eigenvalue weighted by Gasteiger charge is -2.35. The summed E-state index contributed by atoms with van der Waals surface area (Å²) in [7, 11) is 0. The Kier molecular flexibility index (Phi) is 5.97.